The van der Waals surface area contributed by atoms with E-state index in [9.17, 15) is 0 Å². The summed E-state index contributed by atoms with van der Waals surface area (Å²) in [5.41, 5.74) is 6.31. The standard InChI is InChI=1S/C18H20N4S/c1-3-22(4-2)15-11-9-14(10-12-15)13-19-21-18-20-16-7-5-6-8-17(16)23-18/h5-13H,3-4H2,1-2H3,(H,20,21)/b19-13-. The zero-order valence-electron chi connectivity index (χ0n) is 13.4. The minimum atomic E-state index is 0.808. The van der Waals surface area contributed by atoms with Crippen LogP contribution in [0.15, 0.2) is 53.6 Å². The molecule has 0 saturated carbocycles. The summed E-state index contributed by atoms with van der Waals surface area (Å²) in [6.07, 6.45) is 1.82. The number of hydrogen-bond acceptors (Lipinski definition) is 5. The average Bonchev–Trinajstić information content (AvgIpc) is 3.00. The van der Waals surface area contributed by atoms with Crippen molar-refractivity contribution in [1.29, 1.82) is 0 Å². The summed E-state index contributed by atoms with van der Waals surface area (Å²) in [5, 5.41) is 5.09. The number of thiazole rings is 1. The molecule has 5 heteroatoms. The van der Waals surface area contributed by atoms with Gasteiger partial charge in [-0.2, -0.15) is 5.10 Å². The summed E-state index contributed by atoms with van der Waals surface area (Å²) >= 11 is 1.60. The van der Waals surface area contributed by atoms with E-state index in [1.807, 2.05) is 24.4 Å². The van der Waals surface area contributed by atoms with Gasteiger partial charge in [0.05, 0.1) is 16.4 Å². The van der Waals surface area contributed by atoms with Gasteiger partial charge in [0, 0.05) is 18.8 Å². The van der Waals surface area contributed by atoms with Crippen molar-refractivity contribution in [1.82, 2.24) is 4.98 Å². The maximum atomic E-state index is 4.49. The SMILES string of the molecule is CCN(CC)c1ccc(/C=N\Nc2nc3ccccc3s2)cc1. The first kappa shape index (κ1) is 15.5. The lowest BCUT2D eigenvalue weighted by atomic mass is 10.2. The van der Waals surface area contributed by atoms with Crippen LogP contribution in [0.25, 0.3) is 10.2 Å². The van der Waals surface area contributed by atoms with Gasteiger partial charge in [-0.15, -0.1) is 0 Å². The number of anilines is 2. The molecule has 0 amide bonds. The number of aromatic nitrogens is 1. The molecule has 1 N–H and O–H groups in total. The molecule has 3 aromatic rings. The minimum Gasteiger partial charge on any atom is -0.372 e. The summed E-state index contributed by atoms with van der Waals surface area (Å²) in [4.78, 5) is 6.81. The van der Waals surface area contributed by atoms with E-state index in [-0.39, 0.29) is 0 Å². The Kier molecular flexibility index (Phi) is 4.88. The third-order valence-electron chi connectivity index (χ3n) is 3.69. The number of para-hydroxylation sites is 1. The molecule has 1 heterocycles. The average molecular weight is 324 g/mol. The van der Waals surface area contributed by atoms with E-state index in [1.165, 1.54) is 5.69 Å². The van der Waals surface area contributed by atoms with Crippen LogP contribution in [0.4, 0.5) is 10.8 Å². The molecule has 0 atom stereocenters. The first-order chi connectivity index (χ1) is 11.3. The zero-order chi connectivity index (χ0) is 16.1. The molecule has 0 bridgehead atoms. The Morgan fingerprint density at radius 2 is 1.83 bits per heavy atom. The van der Waals surface area contributed by atoms with E-state index in [4.69, 9.17) is 0 Å². The van der Waals surface area contributed by atoms with Gasteiger partial charge in [0.2, 0.25) is 5.13 Å². The molecule has 0 aliphatic heterocycles. The van der Waals surface area contributed by atoms with Crippen molar-refractivity contribution in [3.8, 4) is 0 Å². The Bertz CT molecular complexity index is 755. The summed E-state index contributed by atoms with van der Waals surface area (Å²) < 4.78 is 1.16. The quantitative estimate of drug-likeness (QED) is 0.532. The topological polar surface area (TPSA) is 40.5 Å². The fourth-order valence-corrected chi connectivity index (χ4v) is 3.26. The summed E-state index contributed by atoms with van der Waals surface area (Å²) in [6.45, 7) is 6.37. The van der Waals surface area contributed by atoms with E-state index >= 15 is 0 Å². The maximum absolute atomic E-state index is 4.49. The van der Waals surface area contributed by atoms with Crippen molar-refractivity contribution in [2.75, 3.05) is 23.4 Å². The first-order valence-electron chi connectivity index (χ1n) is 7.79. The molecule has 0 fully saturated rings. The molecule has 0 spiro atoms. The van der Waals surface area contributed by atoms with Crippen LogP contribution in [-0.4, -0.2) is 24.3 Å². The van der Waals surface area contributed by atoms with Crippen LogP contribution in [-0.2, 0) is 0 Å². The fraction of sp³-hybridized carbons (Fsp3) is 0.222. The lowest BCUT2D eigenvalue weighted by molar-refractivity contribution is 0.866. The van der Waals surface area contributed by atoms with Gasteiger partial charge in [0.1, 0.15) is 0 Å². The monoisotopic (exact) mass is 324 g/mol. The van der Waals surface area contributed by atoms with E-state index in [0.717, 1.165) is 34.0 Å². The van der Waals surface area contributed by atoms with Gasteiger partial charge >= 0.3 is 0 Å². The molecule has 0 saturated heterocycles. The predicted molar refractivity (Wildman–Crippen MR) is 101 cm³/mol. The normalized spacial score (nSPS) is 11.2. The van der Waals surface area contributed by atoms with Crippen molar-refractivity contribution in [2.45, 2.75) is 13.8 Å². The van der Waals surface area contributed by atoms with Gasteiger partial charge in [-0.05, 0) is 43.7 Å². The van der Waals surface area contributed by atoms with Crippen LogP contribution in [0.3, 0.4) is 0 Å². The van der Waals surface area contributed by atoms with Crippen molar-refractivity contribution >= 4 is 38.6 Å². The first-order valence-corrected chi connectivity index (χ1v) is 8.61. The van der Waals surface area contributed by atoms with E-state index in [0.29, 0.717) is 0 Å². The van der Waals surface area contributed by atoms with Gasteiger partial charge < -0.3 is 4.90 Å². The van der Waals surface area contributed by atoms with Crippen LogP contribution >= 0.6 is 11.3 Å². The number of nitrogens with zero attached hydrogens (tertiary/aromatic N) is 3. The third kappa shape index (κ3) is 3.68. The highest BCUT2D eigenvalue weighted by atomic mass is 32.1. The summed E-state index contributed by atoms with van der Waals surface area (Å²) in [6, 6.07) is 16.5. The molecule has 23 heavy (non-hydrogen) atoms. The van der Waals surface area contributed by atoms with Crippen LogP contribution < -0.4 is 10.3 Å². The molecule has 2 aromatic carbocycles. The van der Waals surface area contributed by atoms with Crippen LogP contribution in [0.5, 0.6) is 0 Å². The Morgan fingerprint density at radius 1 is 1.09 bits per heavy atom. The molecule has 0 aliphatic carbocycles. The van der Waals surface area contributed by atoms with E-state index in [1.54, 1.807) is 11.3 Å². The van der Waals surface area contributed by atoms with Gasteiger partial charge in [-0.1, -0.05) is 35.6 Å². The van der Waals surface area contributed by atoms with Crippen LogP contribution in [0, 0.1) is 0 Å². The second-order valence-corrected chi connectivity index (χ2v) is 6.15. The molecule has 0 aliphatic rings. The zero-order valence-corrected chi connectivity index (χ0v) is 14.2. The smallest absolute Gasteiger partial charge is 0.204 e. The number of hydrogen-bond donors (Lipinski definition) is 1. The molecule has 3 rings (SSSR count). The molecular weight excluding hydrogens is 304 g/mol. The molecule has 0 unspecified atom stereocenters. The number of nitrogens with one attached hydrogen (secondary N) is 1. The Hall–Kier alpha value is -2.40. The number of benzene rings is 2. The maximum Gasteiger partial charge on any atom is 0.204 e. The second kappa shape index (κ2) is 7.24. The largest absolute Gasteiger partial charge is 0.372 e. The van der Waals surface area contributed by atoms with Crippen molar-refractivity contribution < 1.29 is 0 Å². The highest BCUT2D eigenvalue weighted by Gasteiger charge is 2.02. The Morgan fingerprint density at radius 3 is 2.52 bits per heavy atom. The second-order valence-electron chi connectivity index (χ2n) is 5.12. The van der Waals surface area contributed by atoms with Gasteiger partial charge in [0.15, 0.2) is 0 Å². The number of hydrazone groups is 1. The van der Waals surface area contributed by atoms with Crippen molar-refractivity contribution in [3.05, 3.63) is 54.1 Å². The fourth-order valence-electron chi connectivity index (χ4n) is 2.44. The minimum absolute atomic E-state index is 0.808. The lowest BCUT2D eigenvalue weighted by Gasteiger charge is -2.20. The van der Waals surface area contributed by atoms with Crippen LogP contribution in [0.2, 0.25) is 0 Å². The van der Waals surface area contributed by atoms with Crippen molar-refractivity contribution in [2.24, 2.45) is 5.10 Å². The van der Waals surface area contributed by atoms with Gasteiger partial charge in [0.25, 0.3) is 0 Å². The van der Waals surface area contributed by atoms with E-state index in [2.05, 4.69) is 64.6 Å². The third-order valence-corrected chi connectivity index (χ3v) is 4.63. The summed E-state index contributed by atoms with van der Waals surface area (Å²) in [7, 11) is 0. The molecule has 118 valence electrons. The van der Waals surface area contributed by atoms with Gasteiger partial charge in [-0.3, -0.25) is 5.43 Å². The number of fused-ring (bicyclic) bond motifs is 1. The van der Waals surface area contributed by atoms with E-state index < -0.39 is 0 Å². The molecule has 0 radical (unpaired) electrons. The molecule has 4 nitrogen and oxygen atoms in total. The Labute approximate surface area is 140 Å². The molecular formula is C18H20N4S. The lowest BCUT2D eigenvalue weighted by Crippen LogP contribution is -2.21. The van der Waals surface area contributed by atoms with Crippen LogP contribution in [0.1, 0.15) is 19.4 Å². The Balaban J connectivity index is 1.65. The molecule has 1 aromatic heterocycles. The van der Waals surface area contributed by atoms with Gasteiger partial charge in [-0.25, -0.2) is 4.98 Å². The predicted octanol–water partition coefficient (Wildman–Crippen LogP) is 4.59. The highest BCUT2D eigenvalue weighted by Crippen LogP contribution is 2.25. The highest BCUT2D eigenvalue weighted by molar-refractivity contribution is 7.22. The number of rotatable bonds is 6. The summed E-state index contributed by atoms with van der Waals surface area (Å²) in [5.74, 6) is 0. The van der Waals surface area contributed by atoms with Crippen molar-refractivity contribution in [3.63, 3.8) is 0 Å².